The molecule has 1 heterocycles. The zero-order chi connectivity index (χ0) is 14.5. The van der Waals surface area contributed by atoms with Gasteiger partial charge in [-0.05, 0) is 29.8 Å². The number of anilines is 2. The van der Waals surface area contributed by atoms with Crippen molar-refractivity contribution >= 4 is 11.4 Å². The van der Waals surface area contributed by atoms with Crippen molar-refractivity contribution in [3.05, 3.63) is 60.2 Å². The number of rotatable bonds is 4. The predicted octanol–water partition coefficient (Wildman–Crippen LogP) is 2.86. The molecule has 0 bridgehead atoms. The summed E-state index contributed by atoms with van der Waals surface area (Å²) in [4.78, 5) is 4.75. The highest BCUT2D eigenvalue weighted by atomic mass is 15.2. The average molecular weight is 281 g/mol. The minimum Gasteiger partial charge on any atom is -0.345 e. The lowest BCUT2D eigenvalue weighted by molar-refractivity contribution is 0.233. The van der Waals surface area contributed by atoms with Crippen LogP contribution in [-0.4, -0.2) is 38.1 Å². The quantitative estimate of drug-likeness (QED) is 0.929. The van der Waals surface area contributed by atoms with Crippen molar-refractivity contribution in [1.29, 1.82) is 0 Å². The van der Waals surface area contributed by atoms with Gasteiger partial charge in [-0.1, -0.05) is 30.3 Å². The molecular weight excluding hydrogens is 258 g/mol. The molecule has 0 aliphatic carbocycles. The average Bonchev–Trinajstić information content (AvgIpc) is 2.56. The summed E-state index contributed by atoms with van der Waals surface area (Å²) in [6, 6.07) is 19.4. The molecule has 0 radical (unpaired) electrons. The van der Waals surface area contributed by atoms with E-state index in [0.29, 0.717) is 0 Å². The Bertz CT molecular complexity index is 562. The molecule has 3 rings (SSSR count). The summed E-state index contributed by atoms with van der Waals surface area (Å²) in [6.07, 6.45) is 0. The summed E-state index contributed by atoms with van der Waals surface area (Å²) >= 11 is 0. The molecule has 0 atom stereocenters. The van der Waals surface area contributed by atoms with Crippen molar-refractivity contribution in [3.63, 3.8) is 0 Å². The van der Waals surface area contributed by atoms with Crippen molar-refractivity contribution in [2.45, 2.75) is 6.54 Å². The second-order valence-corrected chi connectivity index (χ2v) is 5.59. The molecule has 0 saturated carbocycles. The van der Waals surface area contributed by atoms with Crippen LogP contribution in [-0.2, 0) is 6.54 Å². The predicted molar refractivity (Wildman–Crippen MR) is 89.1 cm³/mol. The van der Waals surface area contributed by atoms with Crippen LogP contribution in [0.2, 0.25) is 0 Å². The lowest BCUT2D eigenvalue weighted by Crippen LogP contribution is -2.42. The van der Waals surface area contributed by atoms with Crippen LogP contribution in [0.3, 0.4) is 0 Å². The first-order valence-electron chi connectivity index (χ1n) is 7.64. The maximum Gasteiger partial charge on any atom is 0.0411 e. The third kappa shape index (κ3) is 3.63. The molecular formula is C18H23N3. The van der Waals surface area contributed by atoms with Gasteiger partial charge in [-0.3, -0.25) is 4.90 Å². The Kier molecular flexibility index (Phi) is 4.53. The van der Waals surface area contributed by atoms with E-state index in [1.807, 2.05) is 0 Å². The van der Waals surface area contributed by atoms with Gasteiger partial charge in [0.05, 0.1) is 0 Å². The topological polar surface area (TPSA) is 18.5 Å². The van der Waals surface area contributed by atoms with Gasteiger partial charge in [0.15, 0.2) is 0 Å². The molecule has 21 heavy (non-hydrogen) atoms. The van der Waals surface area contributed by atoms with Crippen LogP contribution in [0, 0.1) is 0 Å². The fraction of sp³-hybridized carbons (Fsp3) is 0.333. The molecule has 1 saturated heterocycles. The number of hydrogen-bond donors (Lipinski definition) is 1. The first-order chi connectivity index (χ1) is 10.3. The van der Waals surface area contributed by atoms with E-state index in [9.17, 15) is 0 Å². The molecule has 2 aromatic rings. The highest BCUT2D eigenvalue weighted by molar-refractivity contribution is 5.62. The van der Waals surface area contributed by atoms with Crippen molar-refractivity contribution in [2.75, 3.05) is 38.1 Å². The van der Waals surface area contributed by atoms with E-state index in [0.717, 1.165) is 32.7 Å². The van der Waals surface area contributed by atoms with E-state index < -0.39 is 0 Å². The van der Waals surface area contributed by atoms with E-state index in [-0.39, 0.29) is 0 Å². The molecule has 1 fully saturated rings. The zero-order valence-electron chi connectivity index (χ0n) is 12.6. The monoisotopic (exact) mass is 281 g/mol. The van der Waals surface area contributed by atoms with E-state index in [2.05, 4.69) is 76.8 Å². The van der Waals surface area contributed by atoms with Gasteiger partial charge in [0.1, 0.15) is 0 Å². The smallest absolute Gasteiger partial charge is 0.0411 e. The van der Waals surface area contributed by atoms with Crippen LogP contribution >= 0.6 is 0 Å². The molecule has 1 N–H and O–H groups in total. The SMILES string of the molecule is CN(c1ccccc1)c1cccc(CN2CCNCC2)c1. The van der Waals surface area contributed by atoms with Crippen LogP contribution in [0.1, 0.15) is 5.56 Å². The van der Waals surface area contributed by atoms with Crippen molar-refractivity contribution in [3.8, 4) is 0 Å². The number of piperazine rings is 1. The van der Waals surface area contributed by atoms with Crippen molar-refractivity contribution < 1.29 is 0 Å². The molecule has 0 unspecified atom stereocenters. The van der Waals surface area contributed by atoms with Gasteiger partial charge in [-0.25, -0.2) is 0 Å². The molecule has 3 heteroatoms. The largest absolute Gasteiger partial charge is 0.345 e. The van der Waals surface area contributed by atoms with Crippen LogP contribution < -0.4 is 10.2 Å². The molecule has 1 aliphatic rings. The summed E-state index contributed by atoms with van der Waals surface area (Å²) in [5.41, 5.74) is 3.85. The van der Waals surface area contributed by atoms with Gasteiger partial charge in [-0.2, -0.15) is 0 Å². The highest BCUT2D eigenvalue weighted by Crippen LogP contribution is 2.24. The Labute approximate surface area is 127 Å². The van der Waals surface area contributed by atoms with Gasteiger partial charge < -0.3 is 10.2 Å². The van der Waals surface area contributed by atoms with Gasteiger partial charge in [0.25, 0.3) is 0 Å². The first kappa shape index (κ1) is 14.1. The Balaban J connectivity index is 1.73. The first-order valence-corrected chi connectivity index (χ1v) is 7.64. The summed E-state index contributed by atoms with van der Waals surface area (Å²) in [7, 11) is 2.12. The summed E-state index contributed by atoms with van der Waals surface area (Å²) < 4.78 is 0. The molecule has 0 spiro atoms. The Morgan fingerprint density at radius 3 is 2.43 bits per heavy atom. The zero-order valence-corrected chi connectivity index (χ0v) is 12.6. The lowest BCUT2D eigenvalue weighted by atomic mass is 10.1. The Morgan fingerprint density at radius 2 is 1.67 bits per heavy atom. The number of hydrogen-bond acceptors (Lipinski definition) is 3. The number of benzene rings is 2. The number of nitrogens with zero attached hydrogens (tertiary/aromatic N) is 2. The standard InChI is InChI=1S/C18H23N3/c1-20(17-7-3-2-4-8-17)18-9-5-6-16(14-18)15-21-12-10-19-11-13-21/h2-9,14,19H,10-13,15H2,1H3. The molecule has 110 valence electrons. The highest BCUT2D eigenvalue weighted by Gasteiger charge is 2.11. The summed E-state index contributed by atoms with van der Waals surface area (Å²) in [6.45, 7) is 5.52. The van der Waals surface area contributed by atoms with E-state index in [1.165, 1.54) is 16.9 Å². The van der Waals surface area contributed by atoms with Crippen molar-refractivity contribution in [2.24, 2.45) is 0 Å². The fourth-order valence-corrected chi connectivity index (χ4v) is 2.79. The summed E-state index contributed by atoms with van der Waals surface area (Å²) in [5, 5.41) is 3.40. The molecule has 3 nitrogen and oxygen atoms in total. The van der Waals surface area contributed by atoms with E-state index in [4.69, 9.17) is 0 Å². The van der Waals surface area contributed by atoms with Crippen LogP contribution in [0.15, 0.2) is 54.6 Å². The minimum absolute atomic E-state index is 1.04. The Morgan fingerprint density at radius 1 is 0.952 bits per heavy atom. The van der Waals surface area contributed by atoms with Crippen molar-refractivity contribution in [1.82, 2.24) is 10.2 Å². The second kappa shape index (κ2) is 6.74. The second-order valence-electron chi connectivity index (χ2n) is 5.59. The molecule has 1 aliphatic heterocycles. The van der Waals surface area contributed by atoms with Crippen LogP contribution in [0.4, 0.5) is 11.4 Å². The van der Waals surface area contributed by atoms with Gasteiger partial charge in [0.2, 0.25) is 0 Å². The molecule has 2 aromatic carbocycles. The summed E-state index contributed by atoms with van der Waals surface area (Å²) in [5.74, 6) is 0. The van der Waals surface area contributed by atoms with Gasteiger partial charge in [-0.15, -0.1) is 0 Å². The maximum atomic E-state index is 3.40. The van der Waals surface area contributed by atoms with E-state index >= 15 is 0 Å². The third-order valence-corrected chi connectivity index (χ3v) is 4.06. The Hall–Kier alpha value is -1.84. The molecule has 0 aromatic heterocycles. The van der Waals surface area contributed by atoms with Gasteiger partial charge >= 0.3 is 0 Å². The third-order valence-electron chi connectivity index (χ3n) is 4.06. The number of para-hydroxylation sites is 1. The van der Waals surface area contributed by atoms with Crippen LogP contribution in [0.5, 0.6) is 0 Å². The normalized spacial score (nSPS) is 15.9. The molecule has 0 amide bonds. The fourth-order valence-electron chi connectivity index (χ4n) is 2.79. The maximum absolute atomic E-state index is 3.40. The lowest BCUT2D eigenvalue weighted by Gasteiger charge is -2.27. The van der Waals surface area contributed by atoms with E-state index in [1.54, 1.807) is 0 Å². The van der Waals surface area contributed by atoms with Gasteiger partial charge in [0, 0.05) is 51.1 Å². The number of nitrogens with one attached hydrogen (secondary N) is 1. The minimum atomic E-state index is 1.04. The van der Waals surface area contributed by atoms with Crippen LogP contribution in [0.25, 0.3) is 0 Å².